The Hall–Kier alpha value is -2.42. The molecule has 0 saturated carbocycles. The number of hydrogen-bond donors (Lipinski definition) is 1. The molecule has 3 heteroatoms. The van der Waals surface area contributed by atoms with Crippen molar-refractivity contribution in [3.8, 4) is 5.75 Å². The van der Waals surface area contributed by atoms with Gasteiger partial charge in [-0.2, -0.15) is 0 Å². The van der Waals surface area contributed by atoms with Crippen LogP contribution in [0, 0.1) is 5.92 Å². The summed E-state index contributed by atoms with van der Waals surface area (Å²) in [6.07, 6.45) is 7.93. The second-order valence-electron chi connectivity index (χ2n) is 6.09. The fourth-order valence-corrected chi connectivity index (χ4v) is 2.38. The van der Waals surface area contributed by atoms with Crippen LogP contribution in [0.3, 0.4) is 0 Å². The number of rotatable bonds is 7. The van der Waals surface area contributed by atoms with Crippen LogP contribution in [0.15, 0.2) is 48.7 Å². The Morgan fingerprint density at radius 3 is 2.74 bits per heavy atom. The first-order valence-electron chi connectivity index (χ1n) is 8.01. The highest BCUT2D eigenvalue weighted by atomic mass is 16.3. The number of phenols is 1. The van der Waals surface area contributed by atoms with Gasteiger partial charge in [-0.15, -0.1) is 0 Å². The molecule has 0 aliphatic carbocycles. The molecule has 0 aliphatic rings. The molecular weight excluding hydrogens is 286 g/mol. The van der Waals surface area contributed by atoms with Crippen molar-refractivity contribution in [1.29, 1.82) is 0 Å². The summed E-state index contributed by atoms with van der Waals surface area (Å²) in [5.74, 6) is 0.505. The fourth-order valence-electron chi connectivity index (χ4n) is 2.38. The SMILES string of the molecule is CC(C)CCCc1ccc(C(=O)/C=C/c2ccccn2)c(O)c1. The maximum absolute atomic E-state index is 12.2. The summed E-state index contributed by atoms with van der Waals surface area (Å²) < 4.78 is 0. The van der Waals surface area contributed by atoms with Crippen LogP contribution in [0.5, 0.6) is 5.75 Å². The number of hydrogen-bond acceptors (Lipinski definition) is 3. The highest BCUT2D eigenvalue weighted by Gasteiger charge is 2.09. The summed E-state index contributed by atoms with van der Waals surface area (Å²) in [5, 5.41) is 10.1. The standard InChI is InChI=1S/C20H23NO2/c1-15(2)6-5-7-16-9-11-18(20(23)14-16)19(22)12-10-17-8-3-4-13-21-17/h3-4,8-15,23H,5-7H2,1-2H3/b12-10+. The van der Waals surface area contributed by atoms with Gasteiger partial charge in [-0.1, -0.05) is 32.4 Å². The Balaban J connectivity index is 2.02. The van der Waals surface area contributed by atoms with Gasteiger partial charge in [-0.05, 0) is 60.7 Å². The monoisotopic (exact) mass is 309 g/mol. The van der Waals surface area contributed by atoms with Gasteiger partial charge < -0.3 is 5.11 Å². The Morgan fingerprint density at radius 1 is 1.26 bits per heavy atom. The third-order valence-electron chi connectivity index (χ3n) is 3.67. The first-order chi connectivity index (χ1) is 11.1. The lowest BCUT2D eigenvalue weighted by atomic mass is 10.00. The number of carbonyl (C=O) groups is 1. The van der Waals surface area contributed by atoms with Crippen molar-refractivity contribution in [2.45, 2.75) is 33.1 Å². The van der Waals surface area contributed by atoms with E-state index in [0.717, 1.165) is 24.8 Å². The molecule has 1 aromatic carbocycles. The van der Waals surface area contributed by atoms with Crippen LogP contribution in [0.4, 0.5) is 0 Å². The molecule has 0 amide bonds. The maximum Gasteiger partial charge on any atom is 0.189 e. The molecule has 0 unspecified atom stereocenters. The van der Waals surface area contributed by atoms with Gasteiger partial charge in [0.05, 0.1) is 11.3 Å². The van der Waals surface area contributed by atoms with Gasteiger partial charge in [0.1, 0.15) is 5.75 Å². The largest absolute Gasteiger partial charge is 0.507 e. The minimum atomic E-state index is -0.220. The average Bonchev–Trinajstić information content (AvgIpc) is 2.53. The molecule has 1 aromatic heterocycles. The first-order valence-corrected chi connectivity index (χ1v) is 8.01. The third kappa shape index (κ3) is 5.37. The quantitative estimate of drug-likeness (QED) is 0.597. The zero-order valence-corrected chi connectivity index (χ0v) is 13.7. The van der Waals surface area contributed by atoms with Crippen LogP contribution in [0.2, 0.25) is 0 Å². The number of ketones is 1. The number of allylic oxidation sites excluding steroid dienone is 1. The van der Waals surface area contributed by atoms with E-state index in [0.29, 0.717) is 17.2 Å². The van der Waals surface area contributed by atoms with Gasteiger partial charge in [-0.25, -0.2) is 0 Å². The van der Waals surface area contributed by atoms with Crippen molar-refractivity contribution in [2.75, 3.05) is 0 Å². The van der Waals surface area contributed by atoms with Gasteiger partial charge in [0.15, 0.2) is 5.78 Å². The lowest BCUT2D eigenvalue weighted by Gasteiger charge is -2.07. The van der Waals surface area contributed by atoms with E-state index in [1.807, 2.05) is 24.3 Å². The summed E-state index contributed by atoms with van der Waals surface area (Å²) in [6.45, 7) is 4.40. The van der Waals surface area contributed by atoms with Crippen LogP contribution in [0.1, 0.15) is 48.3 Å². The van der Waals surface area contributed by atoms with Crippen LogP contribution in [0.25, 0.3) is 6.08 Å². The normalized spacial score (nSPS) is 11.3. The predicted octanol–water partition coefficient (Wildman–Crippen LogP) is 4.66. The maximum atomic E-state index is 12.2. The highest BCUT2D eigenvalue weighted by molar-refractivity contribution is 6.08. The molecule has 23 heavy (non-hydrogen) atoms. The number of benzene rings is 1. The Kier molecular flexibility index (Phi) is 6.10. The molecule has 0 bridgehead atoms. The third-order valence-corrected chi connectivity index (χ3v) is 3.67. The number of aromatic nitrogens is 1. The zero-order chi connectivity index (χ0) is 16.7. The van der Waals surface area contributed by atoms with Gasteiger partial charge in [0.2, 0.25) is 0 Å². The van der Waals surface area contributed by atoms with Crippen molar-refractivity contribution in [3.05, 3.63) is 65.5 Å². The van der Waals surface area contributed by atoms with E-state index >= 15 is 0 Å². The number of carbonyl (C=O) groups excluding carboxylic acids is 1. The highest BCUT2D eigenvalue weighted by Crippen LogP contribution is 2.21. The summed E-state index contributed by atoms with van der Waals surface area (Å²) in [7, 11) is 0. The van der Waals surface area contributed by atoms with Crippen molar-refractivity contribution in [1.82, 2.24) is 4.98 Å². The lowest BCUT2D eigenvalue weighted by molar-refractivity contribution is 0.104. The van der Waals surface area contributed by atoms with Gasteiger partial charge in [0, 0.05) is 6.20 Å². The molecule has 2 aromatic rings. The number of aromatic hydroxyl groups is 1. The molecule has 0 spiro atoms. The summed E-state index contributed by atoms with van der Waals surface area (Å²) in [6, 6.07) is 10.8. The van der Waals surface area contributed by atoms with E-state index in [9.17, 15) is 9.90 Å². The van der Waals surface area contributed by atoms with Crippen molar-refractivity contribution in [3.63, 3.8) is 0 Å². The van der Waals surface area contributed by atoms with E-state index in [1.54, 1.807) is 24.4 Å². The molecule has 0 radical (unpaired) electrons. The number of pyridine rings is 1. The molecule has 1 N–H and O–H groups in total. The molecule has 0 atom stereocenters. The zero-order valence-electron chi connectivity index (χ0n) is 13.7. The van der Waals surface area contributed by atoms with Crippen molar-refractivity contribution in [2.24, 2.45) is 5.92 Å². The fraction of sp³-hybridized carbons (Fsp3) is 0.300. The Bertz CT molecular complexity index is 675. The lowest BCUT2D eigenvalue weighted by Crippen LogP contribution is -1.97. The second kappa shape index (κ2) is 8.28. The summed E-state index contributed by atoms with van der Waals surface area (Å²) in [4.78, 5) is 16.3. The van der Waals surface area contributed by atoms with Crippen molar-refractivity contribution < 1.29 is 9.90 Å². The minimum absolute atomic E-state index is 0.0442. The molecule has 0 aliphatic heterocycles. The van der Waals surface area contributed by atoms with Crippen LogP contribution >= 0.6 is 0 Å². The van der Waals surface area contributed by atoms with E-state index in [1.165, 1.54) is 6.08 Å². The van der Waals surface area contributed by atoms with Crippen LogP contribution < -0.4 is 0 Å². The minimum Gasteiger partial charge on any atom is -0.507 e. The molecule has 3 nitrogen and oxygen atoms in total. The Labute approximate surface area is 137 Å². The van der Waals surface area contributed by atoms with Gasteiger partial charge >= 0.3 is 0 Å². The topological polar surface area (TPSA) is 50.2 Å². The van der Waals surface area contributed by atoms with Gasteiger partial charge in [0.25, 0.3) is 0 Å². The molecule has 0 saturated heterocycles. The number of aryl methyl sites for hydroxylation is 1. The molecule has 0 fully saturated rings. The van der Waals surface area contributed by atoms with E-state index < -0.39 is 0 Å². The smallest absolute Gasteiger partial charge is 0.189 e. The van der Waals surface area contributed by atoms with Crippen LogP contribution in [-0.4, -0.2) is 15.9 Å². The molecule has 1 heterocycles. The average molecular weight is 309 g/mol. The molecule has 2 rings (SSSR count). The molecular formula is C20H23NO2. The van der Waals surface area contributed by atoms with E-state index in [-0.39, 0.29) is 11.5 Å². The second-order valence-corrected chi connectivity index (χ2v) is 6.09. The molecule has 120 valence electrons. The van der Waals surface area contributed by atoms with Crippen LogP contribution in [-0.2, 0) is 6.42 Å². The van der Waals surface area contributed by atoms with Gasteiger partial charge in [-0.3, -0.25) is 9.78 Å². The Morgan fingerprint density at radius 2 is 2.09 bits per heavy atom. The number of nitrogens with zero attached hydrogens (tertiary/aromatic N) is 1. The van der Waals surface area contributed by atoms with Crippen molar-refractivity contribution >= 4 is 11.9 Å². The summed E-state index contributed by atoms with van der Waals surface area (Å²) in [5.41, 5.74) is 2.10. The summed E-state index contributed by atoms with van der Waals surface area (Å²) >= 11 is 0. The van der Waals surface area contributed by atoms with E-state index in [4.69, 9.17) is 0 Å². The van der Waals surface area contributed by atoms with E-state index in [2.05, 4.69) is 18.8 Å². The number of phenolic OH excluding ortho intramolecular Hbond substituents is 1. The first kappa shape index (κ1) is 16.9. The predicted molar refractivity (Wildman–Crippen MR) is 93.5 cm³/mol.